The van der Waals surface area contributed by atoms with Gasteiger partial charge in [0.1, 0.15) is 17.1 Å². The van der Waals surface area contributed by atoms with Crippen molar-refractivity contribution in [2.45, 2.75) is 27.2 Å². The van der Waals surface area contributed by atoms with Crippen LogP contribution in [0.25, 0.3) is 0 Å². The summed E-state index contributed by atoms with van der Waals surface area (Å²) < 4.78 is 11.0. The fraction of sp³-hybridized carbons (Fsp3) is 0.471. The number of ketones is 2. The van der Waals surface area contributed by atoms with Gasteiger partial charge in [-0.1, -0.05) is 0 Å². The van der Waals surface area contributed by atoms with Crippen LogP contribution >= 0.6 is 0 Å². The first-order chi connectivity index (χ1) is 11.0. The second-order valence-electron chi connectivity index (χ2n) is 5.25. The monoisotopic (exact) mass is 319 g/mol. The summed E-state index contributed by atoms with van der Waals surface area (Å²) in [4.78, 5) is 37.6. The number of hydrogen-bond acceptors (Lipinski definition) is 5. The predicted octanol–water partition coefficient (Wildman–Crippen LogP) is 2.10. The molecule has 0 radical (unpaired) electrons. The minimum Gasteiger partial charge on any atom is -0.491 e. The highest BCUT2D eigenvalue weighted by Gasteiger charge is 2.26. The number of amides is 1. The topological polar surface area (TPSA) is 72.9 Å². The molecule has 1 aliphatic heterocycles. The van der Waals surface area contributed by atoms with Gasteiger partial charge in [-0.15, -0.1) is 0 Å². The lowest BCUT2D eigenvalue weighted by Gasteiger charge is -2.22. The molecule has 0 spiro atoms. The van der Waals surface area contributed by atoms with Gasteiger partial charge < -0.3 is 14.4 Å². The number of carbonyl (C=O) groups excluding carboxylic acids is 3. The lowest BCUT2D eigenvalue weighted by atomic mass is 9.98. The predicted molar refractivity (Wildman–Crippen MR) is 84.3 cm³/mol. The summed E-state index contributed by atoms with van der Waals surface area (Å²) in [5.74, 6) is 0.0635. The molecule has 1 amide bonds. The van der Waals surface area contributed by atoms with Crippen LogP contribution in [-0.2, 0) is 4.79 Å². The Morgan fingerprint density at radius 3 is 2.57 bits per heavy atom. The van der Waals surface area contributed by atoms with Gasteiger partial charge in [-0.3, -0.25) is 14.4 Å². The molecule has 2 rings (SSSR count). The van der Waals surface area contributed by atoms with Crippen LogP contribution in [0.4, 0.5) is 0 Å². The minimum atomic E-state index is -0.262. The van der Waals surface area contributed by atoms with Gasteiger partial charge in [-0.05, 0) is 32.9 Å². The molecule has 1 heterocycles. The third kappa shape index (κ3) is 3.52. The molecule has 124 valence electrons. The van der Waals surface area contributed by atoms with E-state index in [1.54, 1.807) is 17.0 Å². The van der Waals surface area contributed by atoms with E-state index in [0.29, 0.717) is 25.1 Å². The van der Waals surface area contributed by atoms with Crippen LogP contribution in [0.3, 0.4) is 0 Å². The fourth-order valence-electron chi connectivity index (χ4n) is 2.58. The Hall–Kier alpha value is -2.37. The molecular formula is C17H21NO5. The minimum absolute atomic E-state index is 0.0560. The Balaban J connectivity index is 2.27. The molecule has 1 aromatic rings. The van der Waals surface area contributed by atoms with Gasteiger partial charge in [0.05, 0.1) is 12.2 Å². The standard InChI is InChI=1S/C17H21NO5/c1-4-18(5-2)15(21)10-23-14-7-6-12-13(20)8-9-22-17(12)16(14)11(3)19/h6-7H,4-5,8-10H2,1-3H3. The Kier molecular flexibility index (Phi) is 5.36. The van der Waals surface area contributed by atoms with Gasteiger partial charge in [-0.2, -0.15) is 0 Å². The van der Waals surface area contributed by atoms with Gasteiger partial charge in [0.2, 0.25) is 0 Å². The number of benzene rings is 1. The van der Waals surface area contributed by atoms with E-state index < -0.39 is 0 Å². The highest BCUT2D eigenvalue weighted by Crippen LogP contribution is 2.35. The van der Waals surface area contributed by atoms with Crippen LogP contribution in [-0.4, -0.2) is 48.7 Å². The molecule has 1 aromatic carbocycles. The molecule has 0 bridgehead atoms. The van der Waals surface area contributed by atoms with E-state index >= 15 is 0 Å². The lowest BCUT2D eigenvalue weighted by molar-refractivity contribution is -0.133. The van der Waals surface area contributed by atoms with Crippen LogP contribution in [0.1, 0.15) is 47.9 Å². The quantitative estimate of drug-likeness (QED) is 0.751. The van der Waals surface area contributed by atoms with Crippen molar-refractivity contribution in [3.05, 3.63) is 23.3 Å². The molecule has 0 saturated heterocycles. The van der Waals surface area contributed by atoms with Gasteiger partial charge in [0.25, 0.3) is 5.91 Å². The van der Waals surface area contributed by atoms with Crippen molar-refractivity contribution in [1.29, 1.82) is 0 Å². The van der Waals surface area contributed by atoms with Crippen LogP contribution in [0.15, 0.2) is 12.1 Å². The first-order valence-corrected chi connectivity index (χ1v) is 7.74. The van der Waals surface area contributed by atoms with Crippen LogP contribution < -0.4 is 9.47 Å². The van der Waals surface area contributed by atoms with E-state index in [9.17, 15) is 14.4 Å². The summed E-state index contributed by atoms with van der Waals surface area (Å²) in [7, 11) is 0. The second kappa shape index (κ2) is 7.26. The van der Waals surface area contributed by atoms with E-state index in [-0.39, 0.29) is 47.7 Å². The molecule has 0 unspecified atom stereocenters. The summed E-state index contributed by atoms with van der Waals surface area (Å²) in [5, 5.41) is 0. The fourth-order valence-corrected chi connectivity index (χ4v) is 2.58. The Labute approximate surface area is 135 Å². The molecule has 0 aromatic heterocycles. The first-order valence-electron chi connectivity index (χ1n) is 7.74. The summed E-state index contributed by atoms with van der Waals surface area (Å²) in [6, 6.07) is 3.14. The average molecular weight is 319 g/mol. The maximum Gasteiger partial charge on any atom is 0.260 e. The van der Waals surface area contributed by atoms with Crippen molar-refractivity contribution < 1.29 is 23.9 Å². The maximum atomic E-state index is 12.0. The number of Topliss-reactive ketones (excluding diaryl/α,β-unsaturated/α-hetero) is 2. The maximum absolute atomic E-state index is 12.0. The number of likely N-dealkylation sites (N-methyl/N-ethyl adjacent to an activating group) is 1. The molecule has 0 atom stereocenters. The van der Waals surface area contributed by atoms with Gasteiger partial charge in [0, 0.05) is 19.5 Å². The van der Waals surface area contributed by atoms with Gasteiger partial charge in [0.15, 0.2) is 18.2 Å². The van der Waals surface area contributed by atoms with Crippen LogP contribution in [0, 0.1) is 0 Å². The molecule has 6 heteroatoms. The van der Waals surface area contributed by atoms with Crippen LogP contribution in [0.2, 0.25) is 0 Å². The SMILES string of the molecule is CCN(CC)C(=O)COc1ccc2c(c1C(C)=O)OCCC2=O. The first kappa shape index (κ1) is 17.0. The number of nitrogens with zero attached hydrogens (tertiary/aromatic N) is 1. The number of ether oxygens (including phenoxy) is 2. The van der Waals surface area contributed by atoms with Crippen molar-refractivity contribution in [2.75, 3.05) is 26.3 Å². The third-order valence-corrected chi connectivity index (χ3v) is 3.81. The zero-order valence-corrected chi connectivity index (χ0v) is 13.7. The molecular weight excluding hydrogens is 298 g/mol. The summed E-state index contributed by atoms with van der Waals surface area (Å²) in [6.45, 7) is 6.45. The molecule has 0 fully saturated rings. The van der Waals surface area contributed by atoms with E-state index in [1.165, 1.54) is 6.92 Å². The van der Waals surface area contributed by atoms with E-state index in [0.717, 1.165) is 0 Å². The highest BCUT2D eigenvalue weighted by atomic mass is 16.5. The lowest BCUT2D eigenvalue weighted by Crippen LogP contribution is -2.34. The molecule has 23 heavy (non-hydrogen) atoms. The normalized spacial score (nSPS) is 13.1. The molecule has 6 nitrogen and oxygen atoms in total. The van der Waals surface area contributed by atoms with E-state index in [1.807, 2.05) is 13.8 Å². The molecule has 0 aliphatic carbocycles. The van der Waals surface area contributed by atoms with Gasteiger partial charge >= 0.3 is 0 Å². The molecule has 1 aliphatic rings. The van der Waals surface area contributed by atoms with Crippen LogP contribution in [0.5, 0.6) is 11.5 Å². The Morgan fingerprint density at radius 2 is 1.96 bits per heavy atom. The average Bonchev–Trinajstić information content (AvgIpc) is 2.53. The smallest absolute Gasteiger partial charge is 0.260 e. The zero-order valence-electron chi connectivity index (χ0n) is 13.7. The van der Waals surface area contributed by atoms with Crippen molar-refractivity contribution in [3.8, 4) is 11.5 Å². The second-order valence-corrected chi connectivity index (χ2v) is 5.25. The summed E-state index contributed by atoms with van der Waals surface area (Å²) >= 11 is 0. The third-order valence-electron chi connectivity index (χ3n) is 3.81. The number of carbonyl (C=O) groups is 3. The Morgan fingerprint density at radius 1 is 1.26 bits per heavy atom. The van der Waals surface area contributed by atoms with Crippen molar-refractivity contribution in [2.24, 2.45) is 0 Å². The number of rotatable bonds is 6. The summed E-state index contributed by atoms with van der Waals surface area (Å²) in [6.07, 6.45) is 0.297. The van der Waals surface area contributed by atoms with Crippen molar-refractivity contribution >= 4 is 17.5 Å². The number of hydrogen-bond donors (Lipinski definition) is 0. The summed E-state index contributed by atoms with van der Waals surface area (Å²) in [5.41, 5.74) is 0.617. The van der Waals surface area contributed by atoms with E-state index in [2.05, 4.69) is 0 Å². The zero-order chi connectivity index (χ0) is 17.0. The largest absolute Gasteiger partial charge is 0.491 e. The molecule has 0 saturated carbocycles. The van der Waals surface area contributed by atoms with Crippen molar-refractivity contribution in [3.63, 3.8) is 0 Å². The van der Waals surface area contributed by atoms with E-state index in [4.69, 9.17) is 9.47 Å². The Bertz CT molecular complexity index is 634. The highest BCUT2D eigenvalue weighted by molar-refractivity contribution is 6.07. The van der Waals surface area contributed by atoms with Gasteiger partial charge in [-0.25, -0.2) is 0 Å². The van der Waals surface area contributed by atoms with Crippen molar-refractivity contribution in [1.82, 2.24) is 4.90 Å². The number of fused-ring (bicyclic) bond motifs is 1. The molecule has 0 N–H and O–H groups in total.